The number of rotatable bonds is 9. The molecule has 2 N–H and O–H groups in total. The fourth-order valence-electron chi connectivity index (χ4n) is 3.22. The molecule has 178 valence electrons. The van der Waals surface area contributed by atoms with E-state index in [0.717, 1.165) is 0 Å². The maximum Gasteiger partial charge on any atom is 0.405 e. The highest BCUT2D eigenvalue weighted by Crippen LogP contribution is 2.27. The number of sulfonamides is 1. The molecule has 1 atom stereocenters. The Morgan fingerprint density at radius 3 is 2.25 bits per heavy atom. The van der Waals surface area contributed by atoms with Gasteiger partial charge in [0.1, 0.15) is 6.54 Å². The third kappa shape index (κ3) is 6.42. The first-order valence-corrected chi connectivity index (χ1v) is 11.3. The molecule has 0 spiro atoms. The van der Waals surface area contributed by atoms with Crippen molar-refractivity contribution in [3.05, 3.63) is 24.3 Å². The van der Waals surface area contributed by atoms with Crippen molar-refractivity contribution in [3.63, 3.8) is 0 Å². The van der Waals surface area contributed by atoms with Crippen LogP contribution in [-0.4, -0.2) is 69.3 Å². The minimum absolute atomic E-state index is 0.00300. The molecule has 0 saturated carbocycles. The molecule has 1 aliphatic rings. The average molecular weight is 478 g/mol. The number of carbonyl (C=O) groups excluding carboxylic acids is 3. The number of carbonyl (C=O) groups is 3. The second-order valence-corrected chi connectivity index (χ2v) is 9.04. The van der Waals surface area contributed by atoms with E-state index in [9.17, 15) is 36.0 Å². The molecule has 1 aliphatic heterocycles. The van der Waals surface area contributed by atoms with Crippen LogP contribution in [0.25, 0.3) is 0 Å². The summed E-state index contributed by atoms with van der Waals surface area (Å²) in [4.78, 5) is 37.4. The Balaban J connectivity index is 1.97. The van der Waals surface area contributed by atoms with Crippen LogP contribution in [0.1, 0.15) is 20.3 Å². The maximum absolute atomic E-state index is 12.6. The Morgan fingerprint density at radius 2 is 1.72 bits per heavy atom. The van der Waals surface area contributed by atoms with Crippen LogP contribution in [0, 0.1) is 5.92 Å². The summed E-state index contributed by atoms with van der Waals surface area (Å²) >= 11 is 0. The van der Waals surface area contributed by atoms with Gasteiger partial charge in [0.15, 0.2) is 0 Å². The topological polar surface area (TPSA) is 116 Å². The molecule has 9 nitrogen and oxygen atoms in total. The average Bonchev–Trinajstić information content (AvgIpc) is 3.12. The lowest BCUT2D eigenvalue weighted by Crippen LogP contribution is -2.42. The smallest absolute Gasteiger partial charge is 0.347 e. The third-order valence-electron chi connectivity index (χ3n) is 4.90. The van der Waals surface area contributed by atoms with Gasteiger partial charge < -0.3 is 15.5 Å². The predicted octanol–water partition coefficient (Wildman–Crippen LogP) is 0.865. The van der Waals surface area contributed by atoms with E-state index in [4.69, 9.17) is 0 Å². The molecule has 1 unspecified atom stereocenters. The zero-order valence-electron chi connectivity index (χ0n) is 17.6. The van der Waals surface area contributed by atoms with Gasteiger partial charge in [-0.05, 0) is 24.3 Å². The zero-order valence-corrected chi connectivity index (χ0v) is 18.4. The quantitative estimate of drug-likeness (QED) is 0.546. The summed E-state index contributed by atoms with van der Waals surface area (Å²) in [6.45, 7) is 1.94. The number of halogens is 3. The Kier molecular flexibility index (Phi) is 8.24. The van der Waals surface area contributed by atoms with E-state index < -0.39 is 47.0 Å². The van der Waals surface area contributed by atoms with Gasteiger partial charge in [-0.15, -0.1) is 0 Å². The molecular formula is C19H25F3N4O5S. The van der Waals surface area contributed by atoms with Crippen LogP contribution in [0.3, 0.4) is 0 Å². The first-order valence-electron chi connectivity index (χ1n) is 9.90. The van der Waals surface area contributed by atoms with Crippen LogP contribution in [0.4, 0.5) is 18.9 Å². The van der Waals surface area contributed by atoms with Gasteiger partial charge in [0.2, 0.25) is 27.7 Å². The first-order chi connectivity index (χ1) is 14.9. The van der Waals surface area contributed by atoms with Gasteiger partial charge in [-0.1, -0.05) is 13.8 Å². The van der Waals surface area contributed by atoms with Gasteiger partial charge in [0, 0.05) is 31.7 Å². The Morgan fingerprint density at radius 1 is 1.12 bits per heavy atom. The van der Waals surface area contributed by atoms with E-state index in [2.05, 4.69) is 5.32 Å². The molecule has 0 aliphatic carbocycles. The molecular weight excluding hydrogens is 453 g/mol. The standard InChI is InChI=1S/C19H25F3N4O5S/c1-3-25(4-2)32(30,31)15-7-5-14(6-8-15)26-11-13(9-17(26)28)18(29)23-10-16(27)24-12-19(20,21)22/h5-8,13H,3-4,9-12H2,1-2H3,(H,23,29)(H,24,27). The second-order valence-electron chi connectivity index (χ2n) is 7.10. The minimum atomic E-state index is -4.56. The molecule has 2 rings (SSSR count). The molecule has 1 fully saturated rings. The predicted molar refractivity (Wildman–Crippen MR) is 109 cm³/mol. The molecule has 1 saturated heterocycles. The molecule has 0 radical (unpaired) electrons. The lowest BCUT2D eigenvalue weighted by molar-refractivity contribution is -0.138. The van der Waals surface area contributed by atoms with Crippen molar-refractivity contribution in [1.82, 2.24) is 14.9 Å². The van der Waals surface area contributed by atoms with Gasteiger partial charge in [-0.3, -0.25) is 14.4 Å². The summed E-state index contributed by atoms with van der Waals surface area (Å²) < 4.78 is 62.7. The zero-order chi connectivity index (χ0) is 24.1. The van der Waals surface area contributed by atoms with Crippen molar-refractivity contribution in [1.29, 1.82) is 0 Å². The van der Waals surface area contributed by atoms with E-state index >= 15 is 0 Å². The van der Waals surface area contributed by atoms with Gasteiger partial charge in [-0.25, -0.2) is 8.42 Å². The molecule has 0 aromatic heterocycles. The van der Waals surface area contributed by atoms with Crippen molar-refractivity contribution >= 4 is 33.4 Å². The fourth-order valence-corrected chi connectivity index (χ4v) is 4.67. The number of alkyl halides is 3. The van der Waals surface area contributed by atoms with Crippen LogP contribution < -0.4 is 15.5 Å². The highest BCUT2D eigenvalue weighted by atomic mass is 32.2. The van der Waals surface area contributed by atoms with Gasteiger partial charge >= 0.3 is 6.18 Å². The van der Waals surface area contributed by atoms with E-state index in [-0.39, 0.29) is 23.8 Å². The molecule has 1 aromatic rings. The second kappa shape index (κ2) is 10.3. The van der Waals surface area contributed by atoms with E-state index in [1.165, 1.54) is 33.5 Å². The van der Waals surface area contributed by atoms with Gasteiger partial charge in [0.05, 0.1) is 17.4 Å². The summed E-state index contributed by atoms with van der Waals surface area (Å²) in [7, 11) is -3.65. The third-order valence-corrected chi connectivity index (χ3v) is 6.96. The molecule has 1 heterocycles. The number of amides is 3. The largest absolute Gasteiger partial charge is 0.405 e. The molecule has 3 amide bonds. The number of benzene rings is 1. The highest BCUT2D eigenvalue weighted by molar-refractivity contribution is 7.89. The van der Waals surface area contributed by atoms with E-state index in [1.54, 1.807) is 19.2 Å². The summed E-state index contributed by atoms with van der Waals surface area (Å²) in [5, 5.41) is 3.86. The Hall–Kier alpha value is -2.67. The molecule has 1 aromatic carbocycles. The summed E-state index contributed by atoms with van der Waals surface area (Å²) in [5.74, 6) is -2.80. The lowest BCUT2D eigenvalue weighted by atomic mass is 10.1. The summed E-state index contributed by atoms with van der Waals surface area (Å²) in [5.41, 5.74) is 0.409. The highest BCUT2D eigenvalue weighted by Gasteiger charge is 2.35. The van der Waals surface area contributed by atoms with Gasteiger partial charge in [0.25, 0.3) is 0 Å². The van der Waals surface area contributed by atoms with Crippen molar-refractivity contribution in [2.75, 3.05) is 37.6 Å². The van der Waals surface area contributed by atoms with Crippen molar-refractivity contribution in [2.45, 2.75) is 31.3 Å². The normalized spacial score (nSPS) is 17.0. The monoisotopic (exact) mass is 478 g/mol. The minimum Gasteiger partial charge on any atom is -0.347 e. The Labute approximate surface area is 184 Å². The summed E-state index contributed by atoms with van der Waals surface area (Å²) in [6, 6.07) is 5.71. The number of nitrogens with one attached hydrogen (secondary N) is 2. The first kappa shape index (κ1) is 25.6. The van der Waals surface area contributed by atoms with Gasteiger partial charge in [-0.2, -0.15) is 17.5 Å². The van der Waals surface area contributed by atoms with Crippen LogP contribution in [-0.2, 0) is 24.4 Å². The molecule has 0 bridgehead atoms. The number of anilines is 1. The van der Waals surface area contributed by atoms with Crippen LogP contribution >= 0.6 is 0 Å². The van der Waals surface area contributed by atoms with Crippen molar-refractivity contribution in [3.8, 4) is 0 Å². The number of hydrogen-bond acceptors (Lipinski definition) is 5. The fraction of sp³-hybridized carbons (Fsp3) is 0.526. The van der Waals surface area contributed by atoms with Crippen LogP contribution in [0.2, 0.25) is 0 Å². The SMILES string of the molecule is CCN(CC)S(=O)(=O)c1ccc(N2CC(C(=O)NCC(=O)NCC(F)(F)F)CC2=O)cc1. The van der Waals surface area contributed by atoms with Crippen LogP contribution in [0.15, 0.2) is 29.2 Å². The van der Waals surface area contributed by atoms with Crippen molar-refractivity contribution < 1.29 is 36.0 Å². The van der Waals surface area contributed by atoms with E-state index in [1.807, 2.05) is 0 Å². The van der Waals surface area contributed by atoms with E-state index in [0.29, 0.717) is 18.8 Å². The molecule has 13 heteroatoms. The van der Waals surface area contributed by atoms with Crippen molar-refractivity contribution in [2.24, 2.45) is 5.92 Å². The summed E-state index contributed by atoms with van der Waals surface area (Å²) in [6.07, 6.45) is -4.70. The number of hydrogen-bond donors (Lipinski definition) is 2. The maximum atomic E-state index is 12.6. The Bertz CT molecular complexity index is 947. The lowest BCUT2D eigenvalue weighted by Gasteiger charge is -2.20. The van der Waals surface area contributed by atoms with Crippen LogP contribution in [0.5, 0.6) is 0 Å². The molecule has 32 heavy (non-hydrogen) atoms. The number of nitrogens with zero attached hydrogens (tertiary/aromatic N) is 2.